The summed E-state index contributed by atoms with van der Waals surface area (Å²) in [6, 6.07) is 10.4. The minimum Gasteiger partial charge on any atom is -0.495 e. The van der Waals surface area contributed by atoms with E-state index in [2.05, 4.69) is 30.7 Å². The van der Waals surface area contributed by atoms with Crippen molar-refractivity contribution in [2.75, 3.05) is 81.7 Å². The SMILES string of the molecule is CCc1nc(C(N)=O)c(Nc2ccc(N3CCC(N4CCN(C(=O)CCCCCCCOc5cccc6c5C(=O)N(C5CCC(=O)NC5=O)C6=O)CC4)CC3)c(OC)c2)nc1NC1CCOCC1. The molecule has 0 radical (unpaired) electrons. The van der Waals surface area contributed by atoms with Crippen molar-refractivity contribution in [2.45, 2.75) is 109 Å². The Morgan fingerprint density at radius 3 is 2.32 bits per heavy atom. The van der Waals surface area contributed by atoms with Gasteiger partial charge in [-0.3, -0.25) is 43.9 Å². The highest BCUT2D eigenvalue weighted by Gasteiger charge is 2.46. The number of nitrogens with zero attached hydrogens (tertiary/aromatic N) is 6. The van der Waals surface area contributed by atoms with Crippen LogP contribution in [0.2, 0.25) is 0 Å². The van der Waals surface area contributed by atoms with Crippen LogP contribution in [0.25, 0.3) is 0 Å². The molecule has 1 atom stereocenters. The van der Waals surface area contributed by atoms with Crippen LogP contribution in [0.4, 0.5) is 23.0 Å². The number of carbonyl (C=O) groups excluding carboxylic acids is 6. The van der Waals surface area contributed by atoms with Crippen LogP contribution in [0.5, 0.6) is 11.5 Å². The highest BCUT2D eigenvalue weighted by atomic mass is 16.5. The maximum atomic E-state index is 13.3. The predicted octanol–water partition coefficient (Wildman–Crippen LogP) is 4.41. The molecule has 19 nitrogen and oxygen atoms in total. The minimum absolute atomic E-state index is 0.0599. The topological polar surface area (TPSA) is 231 Å². The van der Waals surface area contributed by atoms with Gasteiger partial charge in [-0.15, -0.1) is 0 Å². The van der Waals surface area contributed by atoms with Crippen molar-refractivity contribution in [1.82, 2.24) is 30.0 Å². The lowest BCUT2D eigenvalue weighted by Crippen LogP contribution is -2.54. The van der Waals surface area contributed by atoms with Gasteiger partial charge >= 0.3 is 0 Å². The highest BCUT2D eigenvalue weighted by Crippen LogP contribution is 2.36. The van der Waals surface area contributed by atoms with Crippen molar-refractivity contribution >= 4 is 58.5 Å². The standard InChI is InChI=1S/C49H64N10O9/c1-3-35-45(51-31-19-28-67-29-20-31)55-46(43(53-35)44(50)62)52-32-13-14-36(39(30-32)66-2)57-21-17-33(18-22-57)56-23-25-58(26-24-56)41(61)12-7-5-4-6-8-27-68-38-11-9-10-34-42(38)49(65)59(48(34)64)37-15-16-40(60)54-47(37)63/h9-11,13-14,30-31,33,37H,3-8,12,15-29H2,1-2H3,(H2,50,62)(H2,51,52,55)(H,54,60,63). The van der Waals surface area contributed by atoms with Crippen LogP contribution in [0.15, 0.2) is 36.4 Å². The molecule has 364 valence electrons. The zero-order valence-corrected chi connectivity index (χ0v) is 39.2. The van der Waals surface area contributed by atoms with Gasteiger partial charge in [0, 0.05) is 89.2 Å². The second kappa shape index (κ2) is 22.2. The average molecular weight is 937 g/mol. The lowest BCUT2D eigenvalue weighted by atomic mass is 10.0. The van der Waals surface area contributed by atoms with E-state index >= 15 is 0 Å². The number of piperidine rings is 2. The fourth-order valence-electron chi connectivity index (χ4n) is 9.94. The summed E-state index contributed by atoms with van der Waals surface area (Å²) in [6.45, 7) is 8.64. The van der Waals surface area contributed by atoms with Crippen molar-refractivity contribution < 1.29 is 43.0 Å². The van der Waals surface area contributed by atoms with Gasteiger partial charge in [0.1, 0.15) is 17.5 Å². The number of ether oxygens (including phenoxy) is 3. The average Bonchev–Trinajstić information content (AvgIpc) is 3.61. The quantitative estimate of drug-likeness (QED) is 0.0964. The Labute approximate surface area is 396 Å². The molecular formula is C49H64N10O9. The van der Waals surface area contributed by atoms with Crippen LogP contribution in [-0.4, -0.2) is 144 Å². The van der Waals surface area contributed by atoms with Crippen LogP contribution in [0.3, 0.4) is 0 Å². The molecule has 0 aliphatic carbocycles. The molecule has 19 heteroatoms. The number of fused-ring (bicyclic) bond motifs is 1. The molecule has 0 bridgehead atoms. The number of benzene rings is 2. The van der Waals surface area contributed by atoms with Gasteiger partial charge in [-0.1, -0.05) is 32.3 Å². The first-order chi connectivity index (χ1) is 33.0. The summed E-state index contributed by atoms with van der Waals surface area (Å²) in [7, 11) is 1.66. The van der Waals surface area contributed by atoms with Gasteiger partial charge in [-0.25, -0.2) is 9.97 Å². The van der Waals surface area contributed by atoms with E-state index in [1.54, 1.807) is 25.3 Å². The fourth-order valence-corrected chi connectivity index (χ4v) is 9.94. The third kappa shape index (κ3) is 11.0. The molecule has 4 saturated heterocycles. The first-order valence-electron chi connectivity index (χ1n) is 24.3. The lowest BCUT2D eigenvalue weighted by Gasteiger charge is -2.43. The van der Waals surface area contributed by atoms with Crippen LogP contribution in [0.1, 0.15) is 121 Å². The Bertz CT molecular complexity index is 2360. The summed E-state index contributed by atoms with van der Waals surface area (Å²) in [4.78, 5) is 93.4. The largest absolute Gasteiger partial charge is 0.495 e. The Morgan fingerprint density at radius 2 is 1.60 bits per heavy atom. The number of methoxy groups -OCH3 is 1. The molecule has 6 amide bonds. The zero-order valence-electron chi connectivity index (χ0n) is 39.2. The molecule has 1 unspecified atom stereocenters. The number of nitrogens with two attached hydrogens (primary N) is 1. The van der Waals surface area contributed by atoms with E-state index in [1.165, 1.54) is 0 Å². The zero-order chi connectivity index (χ0) is 47.7. The van der Waals surface area contributed by atoms with E-state index in [1.807, 2.05) is 30.0 Å². The Hall–Kier alpha value is -6.34. The van der Waals surface area contributed by atoms with E-state index in [9.17, 15) is 28.8 Å². The van der Waals surface area contributed by atoms with Crippen LogP contribution < -0.4 is 36.1 Å². The van der Waals surface area contributed by atoms with Crippen LogP contribution in [-0.2, 0) is 25.5 Å². The highest BCUT2D eigenvalue weighted by molar-refractivity contribution is 6.24. The second-order valence-electron chi connectivity index (χ2n) is 18.1. The molecule has 0 spiro atoms. The molecule has 8 rings (SSSR count). The molecule has 68 heavy (non-hydrogen) atoms. The summed E-state index contributed by atoms with van der Waals surface area (Å²) < 4.78 is 17.4. The van der Waals surface area contributed by atoms with Gasteiger partial charge < -0.3 is 40.4 Å². The number of piperazine rings is 1. The molecule has 2 aromatic carbocycles. The molecule has 5 aliphatic heterocycles. The number of primary amides is 1. The molecule has 3 aromatic rings. The van der Waals surface area contributed by atoms with Crippen molar-refractivity contribution in [3.63, 3.8) is 0 Å². The third-order valence-corrected chi connectivity index (χ3v) is 13.8. The van der Waals surface area contributed by atoms with Crippen molar-refractivity contribution in [3.05, 3.63) is 58.9 Å². The summed E-state index contributed by atoms with van der Waals surface area (Å²) in [5.41, 5.74) is 8.60. The van der Waals surface area contributed by atoms with Crippen molar-refractivity contribution in [2.24, 2.45) is 5.73 Å². The maximum Gasteiger partial charge on any atom is 0.271 e. The van der Waals surface area contributed by atoms with E-state index < -0.39 is 35.6 Å². The van der Waals surface area contributed by atoms with Gasteiger partial charge in [0.05, 0.1) is 36.2 Å². The lowest BCUT2D eigenvalue weighted by molar-refractivity contribution is -0.136. The van der Waals surface area contributed by atoms with E-state index in [-0.39, 0.29) is 47.4 Å². The van der Waals surface area contributed by atoms with Gasteiger partial charge in [0.25, 0.3) is 17.7 Å². The summed E-state index contributed by atoms with van der Waals surface area (Å²) in [5.74, 6) is -0.709. The molecule has 1 aromatic heterocycles. The smallest absolute Gasteiger partial charge is 0.271 e. The number of amides is 6. The van der Waals surface area contributed by atoms with Gasteiger partial charge in [-0.05, 0) is 75.6 Å². The number of carbonyl (C=O) groups is 6. The second-order valence-corrected chi connectivity index (χ2v) is 18.1. The number of nitrogens with one attached hydrogen (secondary N) is 3. The summed E-state index contributed by atoms with van der Waals surface area (Å²) >= 11 is 0. The number of unbranched alkanes of at least 4 members (excludes halogenated alkanes) is 4. The number of rotatable bonds is 19. The number of aryl methyl sites for hydroxylation is 1. The van der Waals surface area contributed by atoms with E-state index in [0.29, 0.717) is 67.4 Å². The number of aromatic nitrogens is 2. The molecule has 4 fully saturated rings. The summed E-state index contributed by atoms with van der Waals surface area (Å²) in [5, 5.41) is 9.01. The first kappa shape index (κ1) is 48.1. The first-order valence-corrected chi connectivity index (χ1v) is 24.3. The van der Waals surface area contributed by atoms with Crippen molar-refractivity contribution in [3.8, 4) is 11.5 Å². The molecule has 0 saturated carbocycles. The fraction of sp³-hybridized carbons (Fsp3) is 0.551. The molecule has 6 heterocycles. The number of anilines is 4. The molecular weight excluding hydrogens is 873 g/mol. The number of hydrogen-bond acceptors (Lipinski definition) is 15. The maximum absolute atomic E-state index is 13.3. The van der Waals surface area contributed by atoms with Gasteiger partial charge in [-0.2, -0.15) is 0 Å². The normalized spacial score (nSPS) is 19.5. The van der Waals surface area contributed by atoms with E-state index in [4.69, 9.17) is 24.9 Å². The Morgan fingerprint density at radius 1 is 0.853 bits per heavy atom. The van der Waals surface area contributed by atoms with E-state index in [0.717, 1.165) is 108 Å². The van der Waals surface area contributed by atoms with Gasteiger partial charge in [0.2, 0.25) is 17.7 Å². The Balaban J connectivity index is 0.731. The van der Waals surface area contributed by atoms with Crippen molar-refractivity contribution in [1.29, 1.82) is 0 Å². The van der Waals surface area contributed by atoms with Crippen LogP contribution >= 0.6 is 0 Å². The predicted molar refractivity (Wildman–Crippen MR) is 253 cm³/mol. The Kier molecular flexibility index (Phi) is 15.7. The number of hydrogen-bond donors (Lipinski definition) is 4. The number of imide groups is 2. The molecule has 5 aliphatic rings. The minimum atomic E-state index is -1.03. The van der Waals surface area contributed by atoms with Gasteiger partial charge in [0.15, 0.2) is 17.3 Å². The van der Waals surface area contributed by atoms with Crippen LogP contribution in [0, 0.1) is 0 Å². The monoisotopic (exact) mass is 936 g/mol. The molecule has 5 N–H and O–H groups in total. The third-order valence-electron chi connectivity index (χ3n) is 13.8. The summed E-state index contributed by atoms with van der Waals surface area (Å²) in [6.07, 6.45) is 9.34.